The largest absolute Gasteiger partial charge is 0.394 e. The number of aliphatic hydroxyl groups is 1. The van der Waals surface area contributed by atoms with Gasteiger partial charge in [0.05, 0.1) is 12.6 Å². The average molecular weight is 216 g/mol. The summed E-state index contributed by atoms with van der Waals surface area (Å²) in [6.07, 6.45) is 1.90. The van der Waals surface area contributed by atoms with Crippen molar-refractivity contribution in [1.82, 2.24) is 10.3 Å². The second-order valence-corrected chi connectivity index (χ2v) is 3.72. The lowest BCUT2D eigenvalue weighted by molar-refractivity contribution is 0.243. The molecule has 1 atom stereocenters. The van der Waals surface area contributed by atoms with E-state index in [-0.39, 0.29) is 12.6 Å². The summed E-state index contributed by atoms with van der Waals surface area (Å²) in [5, 5.41) is 12.6. The third-order valence-corrected chi connectivity index (χ3v) is 2.59. The molecule has 3 nitrogen and oxygen atoms in total. The van der Waals surface area contributed by atoms with Crippen LogP contribution in [0.2, 0.25) is 0 Å². The molecule has 0 saturated heterocycles. The van der Waals surface area contributed by atoms with Gasteiger partial charge in [0.1, 0.15) is 0 Å². The van der Waals surface area contributed by atoms with Crippen LogP contribution in [0.25, 0.3) is 0 Å². The van der Waals surface area contributed by atoms with Gasteiger partial charge in [-0.1, -0.05) is 30.3 Å². The van der Waals surface area contributed by atoms with Crippen molar-refractivity contribution in [2.45, 2.75) is 12.6 Å². The maximum absolute atomic E-state index is 9.34. The standard InChI is InChI=1S/C13H16N2O/c16-10-13(11-5-2-1-3-6-11)15-9-12-7-4-8-14-12/h1-8,13-16H,9-10H2/t13-/m1/s1. The lowest BCUT2D eigenvalue weighted by Gasteiger charge is -2.16. The number of hydrogen-bond acceptors (Lipinski definition) is 2. The Bertz CT molecular complexity index is 397. The number of aromatic amines is 1. The van der Waals surface area contributed by atoms with E-state index in [4.69, 9.17) is 0 Å². The van der Waals surface area contributed by atoms with Crippen molar-refractivity contribution in [2.75, 3.05) is 6.61 Å². The van der Waals surface area contributed by atoms with Gasteiger partial charge >= 0.3 is 0 Å². The second kappa shape index (κ2) is 5.49. The molecule has 0 aliphatic heterocycles. The third-order valence-electron chi connectivity index (χ3n) is 2.59. The van der Waals surface area contributed by atoms with Crippen LogP contribution in [0.1, 0.15) is 17.3 Å². The molecule has 0 unspecified atom stereocenters. The van der Waals surface area contributed by atoms with Gasteiger partial charge in [-0.3, -0.25) is 0 Å². The summed E-state index contributed by atoms with van der Waals surface area (Å²) < 4.78 is 0. The van der Waals surface area contributed by atoms with E-state index in [0.29, 0.717) is 0 Å². The van der Waals surface area contributed by atoms with Gasteiger partial charge in [0.2, 0.25) is 0 Å². The van der Waals surface area contributed by atoms with Crippen LogP contribution in [-0.2, 0) is 6.54 Å². The van der Waals surface area contributed by atoms with Crippen LogP contribution in [0.3, 0.4) is 0 Å². The van der Waals surface area contributed by atoms with E-state index < -0.39 is 0 Å². The van der Waals surface area contributed by atoms with Gasteiger partial charge in [-0.25, -0.2) is 0 Å². The molecule has 0 fully saturated rings. The Balaban J connectivity index is 1.96. The number of aliphatic hydroxyl groups excluding tert-OH is 1. The molecule has 3 heteroatoms. The molecule has 2 rings (SSSR count). The number of benzene rings is 1. The molecule has 0 bridgehead atoms. The van der Waals surface area contributed by atoms with Crippen LogP contribution in [0.5, 0.6) is 0 Å². The van der Waals surface area contributed by atoms with E-state index >= 15 is 0 Å². The van der Waals surface area contributed by atoms with Gasteiger partial charge in [-0.2, -0.15) is 0 Å². The van der Waals surface area contributed by atoms with Gasteiger partial charge in [-0.05, 0) is 17.7 Å². The Hall–Kier alpha value is -1.58. The SMILES string of the molecule is OC[C@@H](NCc1ccc[nH]1)c1ccccc1. The monoisotopic (exact) mass is 216 g/mol. The fourth-order valence-electron chi connectivity index (χ4n) is 1.68. The number of nitrogens with one attached hydrogen (secondary N) is 2. The Morgan fingerprint density at radius 2 is 1.94 bits per heavy atom. The van der Waals surface area contributed by atoms with Crippen molar-refractivity contribution in [3.8, 4) is 0 Å². The highest BCUT2D eigenvalue weighted by Crippen LogP contribution is 2.12. The predicted molar refractivity (Wildman–Crippen MR) is 63.9 cm³/mol. The van der Waals surface area contributed by atoms with Crippen molar-refractivity contribution in [2.24, 2.45) is 0 Å². The van der Waals surface area contributed by atoms with Crippen molar-refractivity contribution < 1.29 is 5.11 Å². The maximum Gasteiger partial charge on any atom is 0.0626 e. The van der Waals surface area contributed by atoms with E-state index in [1.165, 1.54) is 0 Å². The molecule has 2 aromatic rings. The zero-order valence-corrected chi connectivity index (χ0v) is 9.06. The van der Waals surface area contributed by atoms with E-state index in [2.05, 4.69) is 10.3 Å². The first-order valence-corrected chi connectivity index (χ1v) is 5.41. The van der Waals surface area contributed by atoms with Gasteiger partial charge < -0.3 is 15.4 Å². The summed E-state index contributed by atoms with van der Waals surface area (Å²) in [4.78, 5) is 3.12. The highest BCUT2D eigenvalue weighted by molar-refractivity contribution is 5.19. The van der Waals surface area contributed by atoms with Crippen molar-refractivity contribution >= 4 is 0 Å². The molecule has 3 N–H and O–H groups in total. The van der Waals surface area contributed by atoms with Crippen LogP contribution < -0.4 is 5.32 Å². The van der Waals surface area contributed by atoms with Crippen LogP contribution in [0, 0.1) is 0 Å². The fraction of sp³-hybridized carbons (Fsp3) is 0.231. The molecule has 0 aliphatic carbocycles. The molecule has 16 heavy (non-hydrogen) atoms. The van der Waals surface area contributed by atoms with Crippen LogP contribution >= 0.6 is 0 Å². The fourth-order valence-corrected chi connectivity index (χ4v) is 1.68. The maximum atomic E-state index is 9.34. The molecule has 0 aliphatic rings. The molecule has 0 amide bonds. The van der Waals surface area contributed by atoms with Crippen LogP contribution in [0.4, 0.5) is 0 Å². The van der Waals surface area contributed by atoms with E-state index in [1.807, 2.05) is 48.7 Å². The lowest BCUT2D eigenvalue weighted by Crippen LogP contribution is -2.24. The molecule has 0 saturated carbocycles. The van der Waals surface area contributed by atoms with E-state index in [9.17, 15) is 5.11 Å². The molecule has 1 aromatic heterocycles. The lowest BCUT2D eigenvalue weighted by atomic mass is 10.1. The molecule has 0 spiro atoms. The summed E-state index contributed by atoms with van der Waals surface area (Å²) >= 11 is 0. The minimum absolute atomic E-state index is 0.00972. The summed E-state index contributed by atoms with van der Waals surface area (Å²) in [7, 11) is 0. The topological polar surface area (TPSA) is 48.0 Å². The highest BCUT2D eigenvalue weighted by Gasteiger charge is 2.08. The first-order chi connectivity index (χ1) is 7.90. The van der Waals surface area contributed by atoms with E-state index in [1.54, 1.807) is 0 Å². The molecular formula is C13H16N2O. The average Bonchev–Trinajstić information content (AvgIpc) is 2.84. The minimum atomic E-state index is -0.00972. The first-order valence-electron chi connectivity index (χ1n) is 5.41. The first kappa shape index (κ1) is 10.9. The molecule has 84 valence electrons. The third kappa shape index (κ3) is 2.72. The quantitative estimate of drug-likeness (QED) is 0.714. The molecular weight excluding hydrogens is 200 g/mol. The molecule has 1 aromatic carbocycles. The highest BCUT2D eigenvalue weighted by atomic mass is 16.3. The predicted octanol–water partition coefficient (Wildman–Crippen LogP) is 1.84. The van der Waals surface area contributed by atoms with Gasteiger partial charge in [0.15, 0.2) is 0 Å². The Morgan fingerprint density at radius 3 is 2.56 bits per heavy atom. The number of aromatic nitrogens is 1. The molecule has 1 heterocycles. The van der Waals surface area contributed by atoms with E-state index in [0.717, 1.165) is 17.8 Å². The van der Waals surface area contributed by atoms with Crippen LogP contribution in [-0.4, -0.2) is 16.7 Å². The van der Waals surface area contributed by atoms with Gasteiger partial charge in [-0.15, -0.1) is 0 Å². The number of H-pyrrole nitrogens is 1. The number of rotatable bonds is 5. The normalized spacial score (nSPS) is 12.6. The second-order valence-electron chi connectivity index (χ2n) is 3.72. The van der Waals surface area contributed by atoms with Crippen LogP contribution in [0.15, 0.2) is 48.7 Å². The Kier molecular flexibility index (Phi) is 3.75. The number of hydrogen-bond donors (Lipinski definition) is 3. The zero-order valence-electron chi connectivity index (χ0n) is 9.06. The Morgan fingerprint density at radius 1 is 1.12 bits per heavy atom. The summed E-state index contributed by atoms with van der Waals surface area (Å²) in [6, 6.07) is 13.9. The molecule has 0 radical (unpaired) electrons. The summed E-state index contributed by atoms with van der Waals surface area (Å²) in [6.45, 7) is 0.831. The van der Waals surface area contributed by atoms with Gasteiger partial charge in [0, 0.05) is 18.4 Å². The van der Waals surface area contributed by atoms with Crippen molar-refractivity contribution in [3.05, 3.63) is 59.9 Å². The van der Waals surface area contributed by atoms with Crippen molar-refractivity contribution in [3.63, 3.8) is 0 Å². The zero-order chi connectivity index (χ0) is 11.2. The smallest absolute Gasteiger partial charge is 0.0626 e. The Labute approximate surface area is 95.1 Å². The van der Waals surface area contributed by atoms with Gasteiger partial charge in [0.25, 0.3) is 0 Å². The summed E-state index contributed by atoms with van der Waals surface area (Å²) in [5.41, 5.74) is 2.23. The van der Waals surface area contributed by atoms with Crippen molar-refractivity contribution in [1.29, 1.82) is 0 Å². The minimum Gasteiger partial charge on any atom is -0.394 e. The summed E-state index contributed by atoms with van der Waals surface area (Å²) in [5.74, 6) is 0.